The van der Waals surface area contributed by atoms with Crippen LogP contribution < -0.4 is 0 Å². The first-order chi connectivity index (χ1) is 23.5. The van der Waals surface area contributed by atoms with Crippen LogP contribution in [0, 0.1) is 6.92 Å². The van der Waals surface area contributed by atoms with E-state index in [1.807, 2.05) is 18.2 Å². The Balaban J connectivity index is 1.24. The van der Waals surface area contributed by atoms with Gasteiger partial charge in [0.25, 0.3) is 0 Å². The Kier molecular flexibility index (Phi) is 6.40. The molecule has 230 valence electrons. The predicted molar refractivity (Wildman–Crippen MR) is 204 cm³/mol. The van der Waals surface area contributed by atoms with Gasteiger partial charge in [-0.25, -0.2) is 9.97 Å². The molecule has 0 atom stereocenters. The topological polar surface area (TPSA) is 30.7 Å². The summed E-state index contributed by atoms with van der Waals surface area (Å²) in [5.41, 5.74) is 14.2. The summed E-state index contributed by atoms with van der Waals surface area (Å²) in [6.45, 7) is 10.9. The van der Waals surface area contributed by atoms with Gasteiger partial charge >= 0.3 is 0 Å². The molecule has 3 aromatic heterocycles. The average molecular weight is 636 g/mol. The molecule has 0 radical (unpaired) electrons. The summed E-state index contributed by atoms with van der Waals surface area (Å²) >= 11 is 1.76. The molecule has 0 unspecified atom stereocenters. The van der Waals surface area contributed by atoms with E-state index in [-0.39, 0.29) is 5.41 Å². The number of thiophene rings is 1. The Bertz CT molecular complexity index is 2600. The highest BCUT2D eigenvalue weighted by Crippen LogP contribution is 2.52. The zero-order valence-corrected chi connectivity index (χ0v) is 28.0. The summed E-state index contributed by atoms with van der Waals surface area (Å²) < 4.78 is 4.72. The second-order valence-electron chi connectivity index (χ2n) is 13.1. The molecule has 0 N–H and O–H groups in total. The maximum Gasteiger partial charge on any atom is 0.160 e. The summed E-state index contributed by atoms with van der Waals surface area (Å²) in [6, 6.07) is 41.2. The molecular formula is C44H33N3S. The Morgan fingerprint density at radius 1 is 0.750 bits per heavy atom. The van der Waals surface area contributed by atoms with E-state index in [4.69, 9.17) is 9.97 Å². The fraction of sp³-hybridized carbons (Fsp3) is 0.0909. The van der Waals surface area contributed by atoms with Gasteiger partial charge in [-0.3, -0.25) is 0 Å². The Morgan fingerprint density at radius 2 is 1.50 bits per heavy atom. The molecule has 48 heavy (non-hydrogen) atoms. The van der Waals surface area contributed by atoms with Crippen molar-refractivity contribution in [2.45, 2.75) is 26.2 Å². The summed E-state index contributed by atoms with van der Waals surface area (Å²) in [7, 11) is 0. The molecule has 0 amide bonds. The minimum absolute atomic E-state index is 0.0547. The highest BCUT2D eigenvalue weighted by molar-refractivity contribution is 7.26. The number of hydrogen-bond donors (Lipinski definition) is 0. The normalized spacial score (nSPS) is 13.5. The van der Waals surface area contributed by atoms with Gasteiger partial charge in [-0.2, -0.15) is 0 Å². The number of rotatable bonds is 5. The van der Waals surface area contributed by atoms with Crippen molar-refractivity contribution < 1.29 is 0 Å². The SMILES string of the molecule is C=C/C=C\c1c(C)c2c3c(ccc2n1-c1ccc(-c2nc(-c4ccccc4)c4sc5ccccc5c4n2)cc1)C(C)(C)c1ccccc1-3. The summed E-state index contributed by atoms with van der Waals surface area (Å²) in [4.78, 5) is 10.4. The molecule has 5 aromatic carbocycles. The third-order valence-corrected chi connectivity index (χ3v) is 11.2. The molecule has 0 aliphatic heterocycles. The molecule has 8 aromatic rings. The van der Waals surface area contributed by atoms with E-state index in [1.165, 1.54) is 48.8 Å². The first-order valence-corrected chi connectivity index (χ1v) is 17.2. The van der Waals surface area contributed by atoms with Gasteiger partial charge in [0.05, 0.1) is 21.4 Å². The van der Waals surface area contributed by atoms with E-state index in [0.717, 1.165) is 44.2 Å². The number of nitrogens with zero attached hydrogens (tertiary/aromatic N) is 3. The Morgan fingerprint density at radius 3 is 2.31 bits per heavy atom. The van der Waals surface area contributed by atoms with Gasteiger partial charge in [-0.1, -0.05) is 111 Å². The van der Waals surface area contributed by atoms with Crippen LogP contribution in [0.5, 0.6) is 0 Å². The molecule has 0 saturated carbocycles. The largest absolute Gasteiger partial charge is 0.310 e. The minimum Gasteiger partial charge on any atom is -0.310 e. The lowest BCUT2D eigenvalue weighted by molar-refractivity contribution is 0.661. The maximum absolute atomic E-state index is 5.20. The van der Waals surface area contributed by atoms with E-state index in [1.54, 1.807) is 11.3 Å². The number of hydrogen-bond acceptors (Lipinski definition) is 3. The quantitative estimate of drug-likeness (QED) is 0.176. The zero-order chi connectivity index (χ0) is 32.6. The number of fused-ring (bicyclic) bond motifs is 8. The average Bonchev–Trinajstić information content (AvgIpc) is 3.72. The first-order valence-electron chi connectivity index (χ1n) is 16.4. The minimum atomic E-state index is -0.0547. The van der Waals surface area contributed by atoms with E-state index in [0.29, 0.717) is 0 Å². The fourth-order valence-corrected chi connectivity index (χ4v) is 8.84. The highest BCUT2D eigenvalue weighted by Gasteiger charge is 2.37. The Hall–Kier alpha value is -5.58. The Labute approximate surface area is 284 Å². The van der Waals surface area contributed by atoms with Crippen LogP contribution in [0.4, 0.5) is 0 Å². The molecule has 9 rings (SSSR count). The predicted octanol–water partition coefficient (Wildman–Crippen LogP) is 11.9. The molecule has 0 saturated heterocycles. The van der Waals surface area contributed by atoms with Crippen LogP contribution in [-0.2, 0) is 5.41 Å². The van der Waals surface area contributed by atoms with Crippen LogP contribution in [0.2, 0.25) is 0 Å². The molecule has 1 aliphatic rings. The van der Waals surface area contributed by atoms with Crippen LogP contribution in [0.1, 0.15) is 36.2 Å². The second-order valence-corrected chi connectivity index (χ2v) is 14.1. The van der Waals surface area contributed by atoms with E-state index >= 15 is 0 Å². The smallest absolute Gasteiger partial charge is 0.160 e. The van der Waals surface area contributed by atoms with Crippen molar-refractivity contribution in [3.8, 4) is 39.5 Å². The lowest BCUT2D eigenvalue weighted by atomic mass is 9.82. The molecule has 0 fully saturated rings. The van der Waals surface area contributed by atoms with Crippen molar-refractivity contribution in [2.75, 3.05) is 0 Å². The van der Waals surface area contributed by atoms with Crippen LogP contribution >= 0.6 is 11.3 Å². The van der Waals surface area contributed by atoms with Gasteiger partial charge in [0.15, 0.2) is 5.82 Å². The first kappa shape index (κ1) is 28.6. The van der Waals surface area contributed by atoms with Crippen molar-refractivity contribution in [3.05, 3.63) is 156 Å². The summed E-state index contributed by atoms with van der Waals surface area (Å²) in [5.74, 6) is 0.730. The van der Waals surface area contributed by atoms with Crippen molar-refractivity contribution in [1.29, 1.82) is 0 Å². The fourth-order valence-electron chi connectivity index (χ4n) is 7.68. The second kappa shape index (κ2) is 10.7. The monoisotopic (exact) mass is 635 g/mol. The third-order valence-electron chi connectivity index (χ3n) is 10.0. The van der Waals surface area contributed by atoms with Crippen LogP contribution in [-0.4, -0.2) is 14.5 Å². The standard InChI is InChI=1S/C44H33N3S/c1-5-6-19-35-27(2)38-36(26-25-34-39(38)31-16-10-12-18-33(31)44(34,3)4)47(35)30-23-21-29(22-24-30)43-45-40(28-14-8-7-9-15-28)42-41(46-43)32-17-11-13-20-37(32)48-42/h5-26H,1H2,2-4H3/b19-6-. The molecule has 3 nitrogen and oxygen atoms in total. The van der Waals surface area contributed by atoms with Crippen molar-refractivity contribution in [3.63, 3.8) is 0 Å². The van der Waals surface area contributed by atoms with Gasteiger partial charge in [-0.15, -0.1) is 11.3 Å². The number of benzene rings is 5. The van der Waals surface area contributed by atoms with Crippen molar-refractivity contribution in [1.82, 2.24) is 14.5 Å². The van der Waals surface area contributed by atoms with Gasteiger partial charge < -0.3 is 4.57 Å². The zero-order valence-electron chi connectivity index (χ0n) is 27.2. The van der Waals surface area contributed by atoms with Crippen LogP contribution in [0.25, 0.3) is 76.7 Å². The number of aromatic nitrogens is 3. The summed E-state index contributed by atoms with van der Waals surface area (Å²) in [5, 5.41) is 2.48. The van der Waals surface area contributed by atoms with Crippen LogP contribution in [0.15, 0.2) is 134 Å². The summed E-state index contributed by atoms with van der Waals surface area (Å²) in [6.07, 6.45) is 6.06. The van der Waals surface area contributed by atoms with Gasteiger partial charge in [0.1, 0.15) is 0 Å². The highest BCUT2D eigenvalue weighted by atomic mass is 32.1. The van der Waals surface area contributed by atoms with Crippen LogP contribution in [0.3, 0.4) is 0 Å². The third kappa shape index (κ3) is 4.12. The molecule has 4 heteroatoms. The number of aryl methyl sites for hydroxylation is 1. The molecular weight excluding hydrogens is 603 g/mol. The van der Waals surface area contributed by atoms with Crippen molar-refractivity contribution >= 4 is 48.6 Å². The lowest BCUT2D eigenvalue weighted by Crippen LogP contribution is -2.14. The van der Waals surface area contributed by atoms with E-state index < -0.39 is 0 Å². The molecule has 0 spiro atoms. The molecule has 3 heterocycles. The molecule has 0 bridgehead atoms. The number of allylic oxidation sites excluding steroid dienone is 2. The maximum atomic E-state index is 5.20. The van der Waals surface area contributed by atoms with Gasteiger partial charge in [0, 0.05) is 43.4 Å². The van der Waals surface area contributed by atoms with E-state index in [9.17, 15) is 0 Å². The van der Waals surface area contributed by atoms with Crippen molar-refractivity contribution in [2.24, 2.45) is 0 Å². The lowest BCUT2D eigenvalue weighted by Gasteiger charge is -2.21. The van der Waals surface area contributed by atoms with Gasteiger partial charge in [-0.05, 0) is 77.2 Å². The van der Waals surface area contributed by atoms with E-state index in [2.05, 4.69) is 147 Å². The molecule has 1 aliphatic carbocycles. The van der Waals surface area contributed by atoms with Gasteiger partial charge in [0.2, 0.25) is 0 Å².